The molecule has 5 heteroatoms. The van der Waals surface area contributed by atoms with Crippen LogP contribution in [0.1, 0.15) is 31.4 Å². The number of carbonyl (C=O) groups excluding carboxylic acids is 1. The van der Waals surface area contributed by atoms with Crippen LogP contribution in [0, 0.1) is 0 Å². The molecule has 0 spiro atoms. The zero-order chi connectivity index (χ0) is 13.4. The second kappa shape index (κ2) is 4.64. The van der Waals surface area contributed by atoms with Gasteiger partial charge in [-0.1, -0.05) is 0 Å². The lowest BCUT2D eigenvalue weighted by atomic mass is 9.93. The minimum atomic E-state index is 0.156. The van der Waals surface area contributed by atoms with Crippen LogP contribution < -0.4 is 0 Å². The van der Waals surface area contributed by atoms with Gasteiger partial charge in [-0.3, -0.25) is 9.48 Å². The Balaban J connectivity index is 1.98. The van der Waals surface area contributed by atoms with Gasteiger partial charge >= 0.3 is 0 Å². The van der Waals surface area contributed by atoms with Crippen molar-refractivity contribution in [3.8, 4) is 0 Å². The first kappa shape index (κ1) is 12.1. The van der Waals surface area contributed by atoms with Crippen LogP contribution >= 0.6 is 0 Å². The summed E-state index contributed by atoms with van der Waals surface area (Å²) in [6.45, 7) is 3.28. The van der Waals surface area contributed by atoms with Gasteiger partial charge in [0.2, 0.25) is 5.91 Å². The second-order valence-electron chi connectivity index (χ2n) is 5.19. The number of hydrogen-bond donors (Lipinski definition) is 0. The first-order valence-corrected chi connectivity index (χ1v) is 6.70. The fourth-order valence-corrected chi connectivity index (χ4v) is 2.91. The number of likely N-dealkylation sites (tertiary alicyclic amines) is 1. The van der Waals surface area contributed by atoms with Gasteiger partial charge in [-0.05, 0) is 25.0 Å². The molecule has 0 bridgehead atoms. The molecular formula is C14H18N4O. The molecule has 3 heterocycles. The number of fused-ring (bicyclic) bond motifs is 1. The summed E-state index contributed by atoms with van der Waals surface area (Å²) in [6.07, 6.45) is 3.92. The standard InChI is InChI=1S/C14H18N4O/c1-10(19)18-8-4-5-11(9-18)13-12-6-3-7-15-14(12)17(2)16-13/h3,6-7,11H,4-5,8-9H2,1-2H3/t11-/m1/s1. The van der Waals surface area contributed by atoms with Crippen LogP contribution in [0.25, 0.3) is 11.0 Å². The molecule has 100 valence electrons. The van der Waals surface area contributed by atoms with E-state index in [1.165, 1.54) is 0 Å². The lowest BCUT2D eigenvalue weighted by Crippen LogP contribution is -2.37. The quantitative estimate of drug-likeness (QED) is 0.782. The van der Waals surface area contributed by atoms with E-state index in [4.69, 9.17) is 0 Å². The molecule has 2 aromatic heterocycles. The molecule has 0 aromatic carbocycles. The number of amides is 1. The first-order valence-electron chi connectivity index (χ1n) is 6.70. The van der Waals surface area contributed by atoms with E-state index in [1.807, 2.05) is 22.7 Å². The monoisotopic (exact) mass is 258 g/mol. The predicted octanol–water partition coefficient (Wildman–Crippen LogP) is 1.69. The second-order valence-corrected chi connectivity index (χ2v) is 5.19. The third-order valence-electron chi connectivity index (χ3n) is 3.88. The maximum absolute atomic E-state index is 11.5. The van der Waals surface area contributed by atoms with Crippen molar-refractivity contribution in [2.75, 3.05) is 13.1 Å². The summed E-state index contributed by atoms with van der Waals surface area (Å²) in [5.74, 6) is 0.480. The Kier molecular flexibility index (Phi) is 2.97. The molecule has 19 heavy (non-hydrogen) atoms. The lowest BCUT2D eigenvalue weighted by Gasteiger charge is -2.31. The van der Waals surface area contributed by atoms with Crippen molar-refractivity contribution in [3.05, 3.63) is 24.0 Å². The fraction of sp³-hybridized carbons (Fsp3) is 0.500. The van der Waals surface area contributed by atoms with Crippen LogP contribution in [0.5, 0.6) is 0 Å². The number of aryl methyl sites for hydroxylation is 1. The van der Waals surface area contributed by atoms with Gasteiger partial charge in [-0.2, -0.15) is 5.10 Å². The van der Waals surface area contributed by atoms with Crippen molar-refractivity contribution < 1.29 is 4.79 Å². The van der Waals surface area contributed by atoms with Crippen LogP contribution in [-0.2, 0) is 11.8 Å². The SMILES string of the molecule is CC(=O)N1CCC[C@@H](c2nn(C)c3ncccc23)C1. The van der Waals surface area contributed by atoms with Gasteiger partial charge in [-0.15, -0.1) is 0 Å². The molecule has 1 saturated heterocycles. The van der Waals surface area contributed by atoms with E-state index in [0.717, 1.165) is 42.7 Å². The molecule has 0 saturated carbocycles. The highest BCUT2D eigenvalue weighted by molar-refractivity contribution is 5.79. The van der Waals surface area contributed by atoms with Gasteiger partial charge < -0.3 is 4.90 Å². The first-order chi connectivity index (χ1) is 9.16. The summed E-state index contributed by atoms with van der Waals surface area (Å²) in [4.78, 5) is 17.8. The predicted molar refractivity (Wildman–Crippen MR) is 72.7 cm³/mol. The van der Waals surface area contributed by atoms with Crippen molar-refractivity contribution in [1.82, 2.24) is 19.7 Å². The molecule has 1 aliphatic rings. The zero-order valence-corrected chi connectivity index (χ0v) is 11.3. The van der Waals surface area contributed by atoms with Crippen LogP contribution in [0.2, 0.25) is 0 Å². The topological polar surface area (TPSA) is 51.0 Å². The third-order valence-corrected chi connectivity index (χ3v) is 3.88. The Hall–Kier alpha value is -1.91. The van der Waals surface area contributed by atoms with E-state index in [2.05, 4.69) is 16.1 Å². The molecule has 0 aliphatic carbocycles. The Morgan fingerprint density at radius 3 is 3.11 bits per heavy atom. The van der Waals surface area contributed by atoms with Crippen molar-refractivity contribution in [2.24, 2.45) is 7.05 Å². The van der Waals surface area contributed by atoms with E-state index in [-0.39, 0.29) is 5.91 Å². The Labute approximate surface area is 112 Å². The molecule has 1 aliphatic heterocycles. The van der Waals surface area contributed by atoms with Crippen LogP contribution in [0.15, 0.2) is 18.3 Å². The molecule has 0 N–H and O–H groups in total. The van der Waals surface area contributed by atoms with Crippen molar-refractivity contribution in [3.63, 3.8) is 0 Å². The van der Waals surface area contributed by atoms with Gasteiger partial charge in [0.15, 0.2) is 5.65 Å². The van der Waals surface area contributed by atoms with E-state index in [1.54, 1.807) is 13.1 Å². The highest BCUT2D eigenvalue weighted by Crippen LogP contribution is 2.30. The van der Waals surface area contributed by atoms with Crippen LogP contribution in [0.4, 0.5) is 0 Å². The maximum Gasteiger partial charge on any atom is 0.219 e. The molecule has 0 radical (unpaired) electrons. The highest BCUT2D eigenvalue weighted by Gasteiger charge is 2.26. The van der Waals surface area contributed by atoms with Gasteiger partial charge in [0.25, 0.3) is 0 Å². The average Bonchev–Trinajstić information content (AvgIpc) is 2.77. The fourth-order valence-electron chi connectivity index (χ4n) is 2.91. The number of carbonyl (C=O) groups is 1. The molecule has 0 unspecified atom stereocenters. The Morgan fingerprint density at radius 1 is 1.47 bits per heavy atom. The molecule has 5 nitrogen and oxygen atoms in total. The highest BCUT2D eigenvalue weighted by atomic mass is 16.2. The van der Waals surface area contributed by atoms with E-state index in [9.17, 15) is 4.79 Å². The summed E-state index contributed by atoms with van der Waals surface area (Å²) in [5, 5.41) is 5.73. The van der Waals surface area contributed by atoms with Gasteiger partial charge in [-0.25, -0.2) is 4.98 Å². The summed E-state index contributed by atoms with van der Waals surface area (Å²) >= 11 is 0. The number of nitrogens with zero attached hydrogens (tertiary/aromatic N) is 4. The minimum absolute atomic E-state index is 0.156. The molecule has 3 rings (SSSR count). The molecule has 1 fully saturated rings. The molecule has 2 aromatic rings. The molecule has 1 atom stereocenters. The number of hydrogen-bond acceptors (Lipinski definition) is 3. The summed E-state index contributed by atoms with van der Waals surface area (Å²) in [6, 6.07) is 4.01. The lowest BCUT2D eigenvalue weighted by molar-refractivity contribution is -0.130. The smallest absolute Gasteiger partial charge is 0.219 e. The summed E-state index contributed by atoms with van der Waals surface area (Å²) < 4.78 is 1.83. The molecular weight excluding hydrogens is 240 g/mol. The third kappa shape index (κ3) is 2.09. The van der Waals surface area contributed by atoms with Gasteiger partial charge in [0.1, 0.15) is 0 Å². The van der Waals surface area contributed by atoms with E-state index < -0.39 is 0 Å². The number of aromatic nitrogens is 3. The minimum Gasteiger partial charge on any atom is -0.342 e. The van der Waals surface area contributed by atoms with Crippen molar-refractivity contribution in [2.45, 2.75) is 25.7 Å². The Morgan fingerprint density at radius 2 is 2.32 bits per heavy atom. The summed E-state index contributed by atoms with van der Waals surface area (Å²) in [7, 11) is 1.92. The van der Waals surface area contributed by atoms with Crippen LogP contribution in [-0.4, -0.2) is 38.7 Å². The van der Waals surface area contributed by atoms with Gasteiger partial charge in [0, 0.05) is 44.6 Å². The van der Waals surface area contributed by atoms with Crippen molar-refractivity contribution in [1.29, 1.82) is 0 Å². The number of rotatable bonds is 1. The van der Waals surface area contributed by atoms with E-state index >= 15 is 0 Å². The summed E-state index contributed by atoms with van der Waals surface area (Å²) in [5.41, 5.74) is 1.99. The van der Waals surface area contributed by atoms with Crippen molar-refractivity contribution >= 4 is 16.9 Å². The van der Waals surface area contributed by atoms with Gasteiger partial charge in [0.05, 0.1) is 5.69 Å². The largest absolute Gasteiger partial charge is 0.342 e. The normalized spacial score (nSPS) is 19.9. The average molecular weight is 258 g/mol. The Bertz CT molecular complexity index is 619. The maximum atomic E-state index is 11.5. The molecule has 1 amide bonds. The van der Waals surface area contributed by atoms with Crippen LogP contribution in [0.3, 0.4) is 0 Å². The number of pyridine rings is 1. The number of piperidine rings is 1. The zero-order valence-electron chi connectivity index (χ0n) is 11.3. The van der Waals surface area contributed by atoms with E-state index in [0.29, 0.717) is 5.92 Å².